The van der Waals surface area contributed by atoms with Crippen LogP contribution >= 0.6 is 0 Å². The number of carbonyl (C=O) groups is 1. The number of esters is 1. The molecule has 94 valence electrons. The molecule has 2 rings (SSSR count). The summed E-state index contributed by atoms with van der Waals surface area (Å²) < 4.78 is 6.94. The van der Waals surface area contributed by atoms with Crippen LogP contribution in [-0.2, 0) is 16.6 Å². The highest BCUT2D eigenvalue weighted by atomic mass is 16.5. The number of aryl methyl sites for hydroxylation is 1. The molecule has 1 aromatic carbocycles. The second-order valence-electron chi connectivity index (χ2n) is 4.16. The third kappa shape index (κ3) is 2.80. The predicted octanol–water partition coefficient (Wildman–Crippen LogP) is 3.14. The highest BCUT2D eigenvalue weighted by molar-refractivity contribution is 5.83. The van der Waals surface area contributed by atoms with E-state index < -0.39 is 0 Å². The molecule has 0 aliphatic heterocycles. The fraction of sp³-hybridized carbons (Fsp3) is 0.267. The Bertz CT molecular complexity index is 581. The second-order valence-corrected chi connectivity index (χ2v) is 4.16. The van der Waals surface area contributed by atoms with Gasteiger partial charge in [-0.3, -0.25) is 4.79 Å². The maximum Gasteiger partial charge on any atom is 0.309 e. The molecule has 1 heterocycles. The number of hydrogen-bond donors (Lipinski definition) is 0. The zero-order valence-corrected chi connectivity index (χ0v) is 10.7. The lowest BCUT2D eigenvalue weighted by Gasteiger charge is -1.99. The quantitative estimate of drug-likeness (QED) is 0.772. The van der Waals surface area contributed by atoms with Gasteiger partial charge in [0.2, 0.25) is 0 Å². The van der Waals surface area contributed by atoms with Gasteiger partial charge in [0, 0.05) is 24.1 Å². The van der Waals surface area contributed by atoms with E-state index in [4.69, 9.17) is 4.74 Å². The van der Waals surface area contributed by atoms with Gasteiger partial charge in [0.15, 0.2) is 0 Å². The van der Waals surface area contributed by atoms with E-state index in [-0.39, 0.29) is 5.97 Å². The van der Waals surface area contributed by atoms with Gasteiger partial charge in [0.25, 0.3) is 0 Å². The Morgan fingerprint density at radius 3 is 3.00 bits per heavy atom. The monoisotopic (exact) mass is 243 g/mol. The van der Waals surface area contributed by atoms with Gasteiger partial charge in [-0.05, 0) is 30.7 Å². The first-order valence-electron chi connectivity index (χ1n) is 6.08. The molecule has 0 fully saturated rings. The summed E-state index contributed by atoms with van der Waals surface area (Å²) in [4.78, 5) is 11.2. The Morgan fingerprint density at radius 2 is 2.22 bits per heavy atom. The van der Waals surface area contributed by atoms with Crippen molar-refractivity contribution in [3.05, 3.63) is 42.1 Å². The van der Waals surface area contributed by atoms with E-state index in [1.54, 1.807) is 0 Å². The number of benzene rings is 1. The van der Waals surface area contributed by atoms with Crippen molar-refractivity contribution < 1.29 is 9.53 Å². The van der Waals surface area contributed by atoms with Crippen molar-refractivity contribution in [2.24, 2.45) is 7.05 Å². The highest BCUT2D eigenvalue weighted by Crippen LogP contribution is 2.17. The van der Waals surface area contributed by atoms with E-state index in [1.807, 2.05) is 38.4 Å². The molecule has 0 atom stereocenters. The first-order valence-corrected chi connectivity index (χ1v) is 6.08. The first-order chi connectivity index (χ1) is 8.70. The van der Waals surface area contributed by atoms with Crippen LogP contribution in [0.4, 0.5) is 0 Å². The SMILES string of the molecule is CCOC(=O)CC=Cc1ccc2c(ccn2C)c1. The minimum Gasteiger partial charge on any atom is -0.466 e. The summed E-state index contributed by atoms with van der Waals surface area (Å²) in [6, 6.07) is 8.32. The molecule has 0 amide bonds. The van der Waals surface area contributed by atoms with E-state index in [2.05, 4.69) is 22.8 Å². The summed E-state index contributed by atoms with van der Waals surface area (Å²) in [6.07, 6.45) is 6.14. The molecule has 0 spiro atoms. The molecule has 3 nitrogen and oxygen atoms in total. The zero-order valence-electron chi connectivity index (χ0n) is 10.7. The van der Waals surface area contributed by atoms with Crippen LogP contribution in [0.25, 0.3) is 17.0 Å². The van der Waals surface area contributed by atoms with E-state index in [1.165, 1.54) is 10.9 Å². The standard InChI is InChI=1S/C15H17NO2/c1-3-18-15(17)6-4-5-12-7-8-14-13(11-12)9-10-16(14)2/h4-5,7-11H,3,6H2,1-2H3. The van der Waals surface area contributed by atoms with Gasteiger partial charge < -0.3 is 9.30 Å². The Hall–Kier alpha value is -2.03. The lowest BCUT2D eigenvalue weighted by Crippen LogP contribution is -2.01. The van der Waals surface area contributed by atoms with E-state index >= 15 is 0 Å². The third-order valence-electron chi connectivity index (χ3n) is 2.81. The number of fused-ring (bicyclic) bond motifs is 1. The predicted molar refractivity (Wildman–Crippen MR) is 73.2 cm³/mol. The Balaban J connectivity index is 2.07. The van der Waals surface area contributed by atoms with Crippen LogP contribution < -0.4 is 0 Å². The molecule has 2 aromatic rings. The van der Waals surface area contributed by atoms with Gasteiger partial charge in [0.1, 0.15) is 0 Å². The summed E-state index contributed by atoms with van der Waals surface area (Å²) in [6.45, 7) is 2.24. The lowest BCUT2D eigenvalue weighted by atomic mass is 10.1. The summed E-state index contributed by atoms with van der Waals surface area (Å²) in [5, 5.41) is 1.20. The normalized spacial score (nSPS) is 11.2. The van der Waals surface area contributed by atoms with Gasteiger partial charge >= 0.3 is 5.97 Å². The highest BCUT2D eigenvalue weighted by Gasteiger charge is 1.99. The van der Waals surface area contributed by atoms with E-state index in [0.29, 0.717) is 13.0 Å². The smallest absolute Gasteiger partial charge is 0.309 e. The molecular formula is C15H17NO2. The molecule has 0 aliphatic carbocycles. The van der Waals surface area contributed by atoms with Crippen molar-refractivity contribution in [3.63, 3.8) is 0 Å². The fourth-order valence-electron chi connectivity index (χ4n) is 1.91. The summed E-state index contributed by atoms with van der Waals surface area (Å²) >= 11 is 0. The fourth-order valence-corrected chi connectivity index (χ4v) is 1.91. The molecule has 0 saturated carbocycles. The van der Waals surface area contributed by atoms with Crippen molar-refractivity contribution in [1.82, 2.24) is 4.57 Å². The van der Waals surface area contributed by atoms with Crippen molar-refractivity contribution >= 4 is 22.9 Å². The maximum absolute atomic E-state index is 11.2. The average molecular weight is 243 g/mol. The van der Waals surface area contributed by atoms with Crippen molar-refractivity contribution in [2.45, 2.75) is 13.3 Å². The van der Waals surface area contributed by atoms with Crippen molar-refractivity contribution in [3.8, 4) is 0 Å². The molecule has 0 saturated heterocycles. The Labute approximate surface area is 107 Å². The van der Waals surface area contributed by atoms with Gasteiger partial charge in [0.05, 0.1) is 13.0 Å². The minimum atomic E-state index is -0.186. The molecule has 0 N–H and O–H groups in total. The van der Waals surface area contributed by atoms with Crippen LogP contribution in [0.1, 0.15) is 18.9 Å². The topological polar surface area (TPSA) is 31.2 Å². The molecule has 18 heavy (non-hydrogen) atoms. The molecule has 0 aliphatic rings. The molecule has 0 bridgehead atoms. The Morgan fingerprint density at radius 1 is 1.39 bits per heavy atom. The molecule has 3 heteroatoms. The third-order valence-corrected chi connectivity index (χ3v) is 2.81. The lowest BCUT2D eigenvalue weighted by molar-refractivity contribution is -0.142. The molecule has 0 unspecified atom stereocenters. The van der Waals surface area contributed by atoms with Crippen LogP contribution in [0.3, 0.4) is 0 Å². The van der Waals surface area contributed by atoms with Crippen LogP contribution in [0.2, 0.25) is 0 Å². The van der Waals surface area contributed by atoms with E-state index in [0.717, 1.165) is 5.56 Å². The van der Waals surface area contributed by atoms with Gasteiger partial charge in [-0.1, -0.05) is 18.2 Å². The first kappa shape index (κ1) is 12.4. The largest absolute Gasteiger partial charge is 0.466 e. The van der Waals surface area contributed by atoms with Crippen LogP contribution in [0, 0.1) is 0 Å². The molecule has 1 aromatic heterocycles. The van der Waals surface area contributed by atoms with Crippen molar-refractivity contribution in [1.29, 1.82) is 0 Å². The van der Waals surface area contributed by atoms with Gasteiger partial charge in [-0.15, -0.1) is 0 Å². The van der Waals surface area contributed by atoms with Gasteiger partial charge in [-0.2, -0.15) is 0 Å². The van der Waals surface area contributed by atoms with Crippen LogP contribution in [0.15, 0.2) is 36.5 Å². The summed E-state index contributed by atoms with van der Waals surface area (Å²) in [7, 11) is 2.03. The number of hydrogen-bond acceptors (Lipinski definition) is 2. The number of aromatic nitrogens is 1. The summed E-state index contributed by atoms with van der Waals surface area (Å²) in [5.41, 5.74) is 2.30. The van der Waals surface area contributed by atoms with Gasteiger partial charge in [-0.25, -0.2) is 0 Å². The second kappa shape index (κ2) is 5.54. The number of nitrogens with zero attached hydrogens (tertiary/aromatic N) is 1. The van der Waals surface area contributed by atoms with Crippen LogP contribution in [-0.4, -0.2) is 17.1 Å². The zero-order chi connectivity index (χ0) is 13.0. The van der Waals surface area contributed by atoms with Crippen molar-refractivity contribution in [2.75, 3.05) is 6.61 Å². The minimum absolute atomic E-state index is 0.186. The van der Waals surface area contributed by atoms with Crippen LogP contribution in [0.5, 0.6) is 0 Å². The average Bonchev–Trinajstić information content (AvgIpc) is 2.71. The molecule has 0 radical (unpaired) electrons. The molecular weight excluding hydrogens is 226 g/mol. The van der Waals surface area contributed by atoms with E-state index in [9.17, 15) is 4.79 Å². The maximum atomic E-state index is 11.2. The summed E-state index contributed by atoms with van der Waals surface area (Å²) in [5.74, 6) is -0.186. The number of carbonyl (C=O) groups excluding carboxylic acids is 1. The number of ether oxygens (including phenoxy) is 1. The Kier molecular flexibility index (Phi) is 3.82. The number of rotatable bonds is 4.